The Morgan fingerprint density at radius 1 is 1.29 bits per heavy atom. The molecule has 1 aliphatic carbocycles. The van der Waals surface area contributed by atoms with Gasteiger partial charge in [-0.15, -0.1) is 12.4 Å². The number of carbonyl (C=O) groups excluding carboxylic acids is 1. The minimum atomic E-state index is 0. The molecule has 0 atom stereocenters. The summed E-state index contributed by atoms with van der Waals surface area (Å²) in [6.07, 6.45) is 6.36. The van der Waals surface area contributed by atoms with Gasteiger partial charge in [-0.2, -0.15) is 0 Å². The van der Waals surface area contributed by atoms with Crippen LogP contribution in [0.25, 0.3) is 0 Å². The van der Waals surface area contributed by atoms with Crippen LogP contribution in [0, 0.1) is 5.41 Å². The van der Waals surface area contributed by atoms with Gasteiger partial charge in [0.2, 0.25) is 5.91 Å². The maximum absolute atomic E-state index is 12.1. The second kappa shape index (κ2) is 8.62. The number of nitrogens with two attached hydrogens (primary N) is 1. The fraction of sp³-hybridized carbons (Fsp3) is 0.562. The molecule has 5 heteroatoms. The molecule has 0 saturated heterocycles. The molecule has 0 unspecified atom stereocenters. The van der Waals surface area contributed by atoms with Crippen LogP contribution in [0.2, 0.25) is 5.02 Å². The lowest BCUT2D eigenvalue weighted by molar-refractivity contribution is -0.124. The summed E-state index contributed by atoms with van der Waals surface area (Å²) in [6.45, 7) is 1.14. The highest BCUT2D eigenvalue weighted by Crippen LogP contribution is 2.38. The van der Waals surface area contributed by atoms with Crippen molar-refractivity contribution in [1.82, 2.24) is 5.32 Å². The van der Waals surface area contributed by atoms with Crippen LogP contribution < -0.4 is 11.1 Å². The van der Waals surface area contributed by atoms with Crippen molar-refractivity contribution in [2.45, 2.75) is 45.1 Å². The predicted octanol–water partition coefficient (Wildman–Crippen LogP) is 3.68. The third-order valence-electron chi connectivity index (χ3n) is 4.26. The fourth-order valence-corrected chi connectivity index (χ4v) is 3.22. The Hall–Kier alpha value is -0.770. The van der Waals surface area contributed by atoms with Gasteiger partial charge in [-0.1, -0.05) is 43.0 Å². The Bertz CT molecular complexity index is 459. The van der Waals surface area contributed by atoms with Gasteiger partial charge in [0.1, 0.15) is 0 Å². The van der Waals surface area contributed by atoms with E-state index in [0.29, 0.717) is 24.5 Å². The number of hydrogen-bond acceptors (Lipinski definition) is 2. The molecule has 0 aliphatic heterocycles. The molecule has 3 N–H and O–H groups in total. The predicted molar refractivity (Wildman–Crippen MR) is 89.7 cm³/mol. The molecule has 0 spiro atoms. The molecule has 21 heavy (non-hydrogen) atoms. The highest BCUT2D eigenvalue weighted by molar-refractivity contribution is 6.30. The Labute approximate surface area is 138 Å². The summed E-state index contributed by atoms with van der Waals surface area (Å²) >= 11 is 5.93. The summed E-state index contributed by atoms with van der Waals surface area (Å²) in [5.41, 5.74) is 6.97. The first-order valence-electron chi connectivity index (χ1n) is 7.35. The summed E-state index contributed by atoms with van der Waals surface area (Å²) in [7, 11) is 0. The van der Waals surface area contributed by atoms with Crippen LogP contribution in [-0.2, 0) is 11.3 Å². The van der Waals surface area contributed by atoms with Crippen LogP contribution in [0.15, 0.2) is 24.3 Å². The van der Waals surface area contributed by atoms with Crippen molar-refractivity contribution in [2.24, 2.45) is 11.1 Å². The summed E-state index contributed by atoms with van der Waals surface area (Å²) in [4.78, 5) is 12.1. The third kappa shape index (κ3) is 5.50. The van der Waals surface area contributed by atoms with Crippen molar-refractivity contribution in [3.8, 4) is 0 Å². The van der Waals surface area contributed by atoms with E-state index in [1.165, 1.54) is 19.3 Å². The molecule has 0 bridgehead atoms. The van der Waals surface area contributed by atoms with Gasteiger partial charge in [0.25, 0.3) is 0 Å². The monoisotopic (exact) mass is 330 g/mol. The van der Waals surface area contributed by atoms with Crippen LogP contribution in [0.3, 0.4) is 0 Å². The van der Waals surface area contributed by atoms with Gasteiger partial charge >= 0.3 is 0 Å². The lowest BCUT2D eigenvalue weighted by Crippen LogP contribution is -2.38. The zero-order valence-electron chi connectivity index (χ0n) is 12.2. The number of carbonyl (C=O) groups is 1. The average Bonchev–Trinajstić information content (AvgIpc) is 2.46. The number of halogens is 2. The van der Waals surface area contributed by atoms with E-state index < -0.39 is 0 Å². The van der Waals surface area contributed by atoms with E-state index >= 15 is 0 Å². The molecule has 0 radical (unpaired) electrons. The van der Waals surface area contributed by atoms with E-state index in [0.717, 1.165) is 18.4 Å². The van der Waals surface area contributed by atoms with E-state index in [-0.39, 0.29) is 23.7 Å². The molecule has 0 heterocycles. The number of rotatable bonds is 5. The molecule has 1 saturated carbocycles. The lowest BCUT2D eigenvalue weighted by atomic mass is 9.71. The van der Waals surface area contributed by atoms with Crippen molar-refractivity contribution in [3.63, 3.8) is 0 Å². The van der Waals surface area contributed by atoms with Crippen molar-refractivity contribution >= 4 is 29.9 Å². The molecule has 1 aliphatic rings. The van der Waals surface area contributed by atoms with Gasteiger partial charge in [0, 0.05) is 18.0 Å². The van der Waals surface area contributed by atoms with Gasteiger partial charge in [-0.05, 0) is 42.5 Å². The largest absolute Gasteiger partial charge is 0.352 e. The van der Waals surface area contributed by atoms with E-state index in [9.17, 15) is 4.79 Å². The molecule has 2 rings (SSSR count). The summed E-state index contributed by atoms with van der Waals surface area (Å²) in [5.74, 6) is 0.0947. The van der Waals surface area contributed by atoms with E-state index in [2.05, 4.69) is 5.32 Å². The molecule has 1 fully saturated rings. The van der Waals surface area contributed by atoms with Gasteiger partial charge in [0.05, 0.1) is 0 Å². The molecular formula is C16H24Cl2N2O. The minimum Gasteiger partial charge on any atom is -0.352 e. The second-order valence-corrected chi connectivity index (χ2v) is 6.28. The van der Waals surface area contributed by atoms with E-state index in [1.54, 1.807) is 0 Å². The molecule has 0 aromatic heterocycles. The summed E-state index contributed by atoms with van der Waals surface area (Å²) in [6, 6.07) is 7.57. The van der Waals surface area contributed by atoms with Crippen LogP contribution in [0.1, 0.15) is 44.1 Å². The number of amides is 1. The van der Waals surface area contributed by atoms with Crippen molar-refractivity contribution in [1.29, 1.82) is 0 Å². The van der Waals surface area contributed by atoms with Crippen LogP contribution in [-0.4, -0.2) is 12.5 Å². The Kier molecular flexibility index (Phi) is 7.50. The molecule has 1 aromatic rings. The van der Waals surface area contributed by atoms with Crippen LogP contribution in [0.5, 0.6) is 0 Å². The number of nitrogens with one attached hydrogen (secondary N) is 1. The first-order chi connectivity index (χ1) is 9.63. The smallest absolute Gasteiger partial charge is 0.220 e. The minimum absolute atomic E-state index is 0. The maximum Gasteiger partial charge on any atom is 0.220 e. The molecule has 118 valence electrons. The van der Waals surface area contributed by atoms with Crippen LogP contribution >= 0.6 is 24.0 Å². The first-order valence-corrected chi connectivity index (χ1v) is 7.73. The van der Waals surface area contributed by atoms with E-state index in [1.807, 2.05) is 24.3 Å². The zero-order chi connectivity index (χ0) is 14.4. The Morgan fingerprint density at radius 2 is 2.00 bits per heavy atom. The quantitative estimate of drug-likeness (QED) is 0.865. The topological polar surface area (TPSA) is 55.1 Å². The molecular weight excluding hydrogens is 307 g/mol. The maximum atomic E-state index is 12.1. The average molecular weight is 331 g/mol. The SMILES string of the molecule is Cl.NCC1(CC(=O)NCc2cccc(Cl)c2)CCCCC1. The molecule has 3 nitrogen and oxygen atoms in total. The number of hydrogen-bond donors (Lipinski definition) is 2. The standard InChI is InChI=1S/C16H23ClN2O.ClH/c17-14-6-4-5-13(9-14)11-19-15(20)10-16(12-18)7-2-1-3-8-16;/h4-6,9H,1-3,7-8,10-12,18H2,(H,19,20);1H. The first kappa shape index (κ1) is 18.3. The van der Waals surface area contributed by atoms with Crippen LogP contribution in [0.4, 0.5) is 0 Å². The number of benzene rings is 1. The third-order valence-corrected chi connectivity index (χ3v) is 4.50. The van der Waals surface area contributed by atoms with Crippen molar-refractivity contribution in [2.75, 3.05) is 6.54 Å². The van der Waals surface area contributed by atoms with E-state index in [4.69, 9.17) is 17.3 Å². The van der Waals surface area contributed by atoms with Gasteiger partial charge in [0.15, 0.2) is 0 Å². The van der Waals surface area contributed by atoms with Crippen molar-refractivity contribution in [3.05, 3.63) is 34.9 Å². The fourth-order valence-electron chi connectivity index (χ4n) is 3.01. The normalized spacial score (nSPS) is 16.9. The molecule has 1 aromatic carbocycles. The van der Waals surface area contributed by atoms with Gasteiger partial charge in [-0.25, -0.2) is 0 Å². The summed E-state index contributed by atoms with van der Waals surface area (Å²) in [5, 5.41) is 3.68. The molecule has 1 amide bonds. The van der Waals surface area contributed by atoms with Gasteiger partial charge < -0.3 is 11.1 Å². The highest BCUT2D eigenvalue weighted by atomic mass is 35.5. The highest BCUT2D eigenvalue weighted by Gasteiger charge is 2.32. The second-order valence-electron chi connectivity index (χ2n) is 5.85. The summed E-state index contributed by atoms with van der Waals surface area (Å²) < 4.78 is 0. The van der Waals surface area contributed by atoms with Crippen molar-refractivity contribution < 1.29 is 4.79 Å². The lowest BCUT2D eigenvalue weighted by Gasteiger charge is -2.35. The Morgan fingerprint density at radius 3 is 2.62 bits per heavy atom. The Balaban J connectivity index is 0.00000220. The van der Waals surface area contributed by atoms with Gasteiger partial charge in [-0.3, -0.25) is 4.79 Å². The zero-order valence-corrected chi connectivity index (χ0v) is 13.8.